The highest BCUT2D eigenvalue weighted by Crippen LogP contribution is 2.17. The first-order chi connectivity index (χ1) is 53.0. The van der Waals surface area contributed by atoms with Gasteiger partial charge in [-0.3, -0.25) is 38.7 Å². The van der Waals surface area contributed by atoms with E-state index in [0.717, 1.165) is 105 Å². The molecule has 0 radical (unpaired) electrons. The number of amidine groups is 1. The third kappa shape index (κ3) is 21.3. The number of aromatic nitrogens is 22. The van der Waals surface area contributed by atoms with Crippen molar-refractivity contribution in [1.29, 1.82) is 0 Å². The van der Waals surface area contributed by atoms with E-state index in [0.29, 0.717) is 27.1 Å². The average Bonchev–Trinajstić information content (AvgIpc) is 1.68. The molecule has 2 saturated heterocycles. The van der Waals surface area contributed by atoms with Crippen molar-refractivity contribution in [2.75, 3.05) is 110 Å². The minimum Gasteiger partial charge on any atom is -0.299 e. The van der Waals surface area contributed by atoms with Crippen LogP contribution in [-0.4, -0.2) is 302 Å². The molecule has 11 heterocycles. The van der Waals surface area contributed by atoms with Gasteiger partial charge in [-0.05, 0) is 144 Å². The van der Waals surface area contributed by atoms with Crippen LogP contribution in [0.4, 0.5) is 0 Å². The lowest BCUT2D eigenvalue weighted by molar-refractivity contribution is -0.540. The highest BCUT2D eigenvalue weighted by Gasteiger charge is 2.29. The first kappa shape index (κ1) is 76.4. The third-order valence-electron chi connectivity index (χ3n) is 15.5. The van der Waals surface area contributed by atoms with Crippen molar-refractivity contribution in [3.8, 4) is 0 Å². The lowest BCUT2D eigenvalue weighted by Gasteiger charge is -2.08. The van der Waals surface area contributed by atoms with Crippen molar-refractivity contribution < 1.29 is 65.9 Å². The van der Waals surface area contributed by atoms with Crippen molar-refractivity contribution in [1.82, 2.24) is 116 Å². The Morgan fingerprint density at radius 1 is 0.394 bits per heavy atom. The Bertz CT molecular complexity index is 5550. The van der Waals surface area contributed by atoms with Gasteiger partial charge in [0.2, 0.25) is 5.65 Å². The van der Waals surface area contributed by atoms with Gasteiger partial charge in [0, 0.05) is 36.9 Å². The van der Waals surface area contributed by atoms with E-state index in [2.05, 4.69) is 95.8 Å². The van der Waals surface area contributed by atoms with Crippen LogP contribution in [-0.2, 0) is 0 Å². The van der Waals surface area contributed by atoms with Crippen molar-refractivity contribution in [2.24, 2.45) is 0 Å². The molecule has 0 unspecified atom stereocenters. The van der Waals surface area contributed by atoms with Crippen molar-refractivity contribution >= 4 is 133 Å². The topological polar surface area (TPSA) is 334 Å². The number of rotatable bonds is 13. The van der Waals surface area contributed by atoms with Crippen LogP contribution >= 0.6 is 11.6 Å². The van der Waals surface area contributed by atoms with Gasteiger partial charge in [0.1, 0.15) is 162 Å². The average molecular weight is 1510 g/mol. The van der Waals surface area contributed by atoms with Crippen LogP contribution in [0.5, 0.6) is 0 Å². The fraction of sp³-hybridized carbons (Fsp3) is 0.300. The molecule has 0 bridgehead atoms. The number of hydrogen-bond acceptors (Lipinski definition) is 24. The minimum absolute atomic E-state index is 0.330. The van der Waals surface area contributed by atoms with E-state index >= 15 is 0 Å². The molecule has 8 aromatic heterocycles. The second kappa shape index (κ2) is 37.8. The Morgan fingerprint density at radius 3 is 1.25 bits per heavy atom. The number of piperidine rings is 1. The summed E-state index contributed by atoms with van der Waals surface area (Å²) in [5, 5.41) is 55.9. The summed E-state index contributed by atoms with van der Waals surface area (Å²) < 4.78 is 13.3. The fourth-order valence-electron chi connectivity index (χ4n) is 10.1. The summed E-state index contributed by atoms with van der Waals surface area (Å²) in [6.45, 7) is 6.16. The number of benzene rings is 6. The highest BCUT2D eigenvalue weighted by molar-refractivity contribution is 6.31. The number of pyridine rings is 1. The van der Waals surface area contributed by atoms with E-state index in [4.69, 9.17) is 45.5 Å². The fourth-order valence-corrected chi connectivity index (χ4v) is 10.3. The molecule has 109 heavy (non-hydrogen) atoms. The molecule has 0 amide bonds. The summed E-state index contributed by atoms with van der Waals surface area (Å²) in [5.41, 5.74) is 9.85. The minimum atomic E-state index is -0.330. The zero-order valence-corrected chi connectivity index (χ0v) is 62.6. The molecule has 0 spiro atoms. The maximum atomic E-state index is 11.8. The molecule has 39 heteroatoms. The van der Waals surface area contributed by atoms with Crippen LogP contribution < -0.4 is 39.4 Å². The maximum Gasteiger partial charge on any atom is 0.472 e. The van der Waals surface area contributed by atoms with Gasteiger partial charge < -0.3 is 0 Å². The molecular formula is C70H84ClN30O8+7. The predicted molar refractivity (Wildman–Crippen MR) is 404 cm³/mol. The third-order valence-corrected chi connectivity index (χ3v) is 15.8. The first-order valence-corrected chi connectivity index (χ1v) is 34.8. The normalized spacial score (nSPS) is 12.8. The summed E-state index contributed by atoms with van der Waals surface area (Å²) in [6, 6.07) is 47.5. The molecule has 0 saturated carbocycles. The summed E-state index contributed by atoms with van der Waals surface area (Å²) in [7, 11) is 18.7. The van der Waals surface area contributed by atoms with Crippen molar-refractivity contribution in [2.45, 2.75) is 32.1 Å². The molecule has 562 valence electrons. The lowest BCUT2D eigenvalue weighted by atomic mass is 10.2. The SMILES string of the molecule is C(On1nnc2ccccc21)=[N+]1CCCC1.C(On1nnc2ccccc21)=[N+]1CCCCC1.CN1CC[N+](C)=C1On1nnc2ccccc21.C[N+](C)=COn1nnc2ccc(Cl)cc21.C[N+](C)=COn1nnc2ccccc21.C[N+](C)=COn1nnc2ccccc2c1=O.C[N+](C)=COn1nnc2cccnc21. The Balaban J connectivity index is 0.000000126. The van der Waals surface area contributed by atoms with Crippen LogP contribution in [0.3, 0.4) is 0 Å². The molecule has 2 fully saturated rings. The van der Waals surface area contributed by atoms with Gasteiger partial charge in [0.05, 0.1) is 19.5 Å². The second-order valence-corrected chi connectivity index (χ2v) is 25.6. The quantitative estimate of drug-likeness (QED) is 0.0899. The molecule has 3 aliphatic heterocycles. The molecule has 14 aromatic rings. The largest absolute Gasteiger partial charge is 0.472 e. The summed E-state index contributed by atoms with van der Waals surface area (Å²) in [6.07, 6.45) is 17.4. The Kier molecular flexibility index (Phi) is 26.5. The maximum absolute atomic E-state index is 11.8. The van der Waals surface area contributed by atoms with Gasteiger partial charge >= 0.3 is 50.0 Å². The monoisotopic (exact) mass is 1510 g/mol. The first-order valence-electron chi connectivity index (χ1n) is 34.4. The molecule has 0 aliphatic carbocycles. The number of para-hydroxylation sites is 4. The Hall–Kier alpha value is -13.7. The second-order valence-electron chi connectivity index (χ2n) is 25.2. The smallest absolute Gasteiger partial charge is 0.299 e. The standard InChI is InChI=1S/C12H15N4O.C11H14N5O.C11H13N4O.C10H11N4O2.C9H10ClN4O.C9H11N4O.C8H10N5O/c1-4-8-15(9-5-1)10-17-16-12-7-3-2-6-11(12)13-14-16;1-14-7-8-15(2)11(14)17-16-10-6-4-3-5-9(10)12-13-16;1-2-6-11-10(5-1)12-13-15(11)16-9-14-7-3-4-8-14;1-13(2)7-16-14-10(15)8-5-3-4-6-9(8)11-12-14;1-13(2)6-15-14-9-5-7(10)3-4-8(9)11-12-14;1-12(2)7-14-13-9-6-4-3-5-8(9)10-11-13;1-12(2)6-14-13-8-7(10-11-13)4-3-5-9-8/h2-3,6-7,10H,1,4-5,8-9H2;3-6H,7-8H2,1-2H3;1-2,5-6,9H,3-4,7-8H2;3-7H,1-2H3;3-6H,1-2H3;3-7H,1-2H3;3-6H,1-2H3/q7*+1. The number of likely N-dealkylation sites (N-methyl/N-ethyl adjacent to an activating group) is 2. The predicted octanol–water partition coefficient (Wildman–Crippen LogP) is 1.63. The van der Waals surface area contributed by atoms with Gasteiger partial charge in [0.25, 0.3) is 0 Å². The molecule has 6 aromatic carbocycles. The van der Waals surface area contributed by atoms with Crippen LogP contribution in [0, 0.1) is 0 Å². The highest BCUT2D eigenvalue weighted by atomic mass is 35.5. The number of fused-ring (bicyclic) bond motifs is 7. The molecule has 3 aliphatic rings. The summed E-state index contributed by atoms with van der Waals surface area (Å²) >= 11 is 5.87. The zero-order valence-electron chi connectivity index (χ0n) is 61.8. The number of nitrogens with zero attached hydrogens (tertiary/aromatic N) is 30. The molecule has 38 nitrogen and oxygen atoms in total. The van der Waals surface area contributed by atoms with Gasteiger partial charge in [-0.2, -0.15) is 0 Å². The van der Waals surface area contributed by atoms with E-state index in [1.165, 1.54) is 80.4 Å². The summed E-state index contributed by atoms with van der Waals surface area (Å²) in [4.78, 5) is 64.7. The van der Waals surface area contributed by atoms with E-state index < -0.39 is 0 Å². The van der Waals surface area contributed by atoms with Crippen LogP contribution in [0.25, 0.3) is 77.2 Å². The van der Waals surface area contributed by atoms with Crippen molar-refractivity contribution in [3.05, 3.63) is 173 Å². The summed E-state index contributed by atoms with van der Waals surface area (Å²) in [5.74, 6) is 0. The van der Waals surface area contributed by atoms with Gasteiger partial charge in [-0.15, -0.1) is 35.7 Å². The van der Waals surface area contributed by atoms with Crippen molar-refractivity contribution in [3.63, 3.8) is 0 Å². The van der Waals surface area contributed by atoms with Crippen LogP contribution in [0.2, 0.25) is 5.02 Å². The van der Waals surface area contributed by atoms with Crippen LogP contribution in [0.1, 0.15) is 32.1 Å². The van der Waals surface area contributed by atoms with E-state index in [9.17, 15) is 4.79 Å². The molecule has 0 N–H and O–H groups in total. The van der Waals surface area contributed by atoms with E-state index in [1.54, 1.807) is 106 Å². The molecule has 17 rings (SSSR count). The number of halogens is 1. The van der Waals surface area contributed by atoms with Gasteiger partial charge in [-0.25, -0.2) is 41.9 Å². The molecule has 0 atom stereocenters. The Labute approximate surface area is 627 Å². The van der Waals surface area contributed by atoms with E-state index in [-0.39, 0.29) is 5.56 Å². The van der Waals surface area contributed by atoms with Gasteiger partial charge in [-0.1, -0.05) is 96.5 Å². The van der Waals surface area contributed by atoms with E-state index in [1.807, 2.05) is 160 Å². The zero-order chi connectivity index (χ0) is 76.4. The van der Waals surface area contributed by atoms with Gasteiger partial charge in [0.15, 0.2) is 0 Å². The Morgan fingerprint density at radius 2 is 0.761 bits per heavy atom. The van der Waals surface area contributed by atoms with Crippen LogP contribution in [0.15, 0.2) is 163 Å². The number of hydrogen-bond donors (Lipinski definition) is 0. The molecular weight excluding hydrogens is 1420 g/mol. The lowest BCUT2D eigenvalue weighted by Crippen LogP contribution is -2.35.